The molecule has 292 valence electrons. The first-order chi connectivity index (χ1) is 26.2. The van der Waals surface area contributed by atoms with Crippen LogP contribution in [0.25, 0.3) is 33.8 Å². The van der Waals surface area contributed by atoms with Gasteiger partial charge in [-0.25, -0.2) is 13.1 Å². The van der Waals surface area contributed by atoms with Crippen LogP contribution in [0.2, 0.25) is 0 Å². The lowest BCUT2D eigenvalue weighted by Gasteiger charge is -2.42. The summed E-state index contributed by atoms with van der Waals surface area (Å²) in [6, 6.07) is 11.6. The molecule has 1 saturated carbocycles. The van der Waals surface area contributed by atoms with Gasteiger partial charge in [0.15, 0.2) is 0 Å². The zero-order valence-corrected chi connectivity index (χ0v) is 33.6. The fourth-order valence-corrected chi connectivity index (χ4v) is 10.4. The number of benzene rings is 2. The van der Waals surface area contributed by atoms with Gasteiger partial charge < -0.3 is 19.3 Å². The number of nitrogens with zero attached hydrogens (tertiary/aromatic N) is 4. The monoisotopic (exact) mass is 767 g/mol. The molecule has 2 N–H and O–H groups in total. The Bertz CT molecular complexity index is 2310. The van der Waals surface area contributed by atoms with Gasteiger partial charge in [0, 0.05) is 40.2 Å². The van der Waals surface area contributed by atoms with Gasteiger partial charge in [-0.05, 0) is 132 Å². The quantitative estimate of drug-likeness (QED) is 0.188. The van der Waals surface area contributed by atoms with E-state index in [2.05, 4.69) is 35.3 Å². The number of hydrogen-bond acceptors (Lipinski definition) is 7. The maximum absolute atomic E-state index is 14.8. The van der Waals surface area contributed by atoms with Crippen LogP contribution in [0, 0.1) is 0 Å². The summed E-state index contributed by atoms with van der Waals surface area (Å²) in [5, 5.41) is 16.1. The molecule has 11 nitrogen and oxygen atoms in total. The third-order valence-corrected chi connectivity index (χ3v) is 14.1. The molecule has 3 fully saturated rings. The minimum atomic E-state index is -3.85. The predicted octanol–water partition coefficient (Wildman–Crippen LogP) is 7.68. The first-order valence-corrected chi connectivity index (χ1v) is 21.5. The van der Waals surface area contributed by atoms with E-state index in [1.54, 1.807) is 33.2 Å². The molecule has 5 heterocycles. The van der Waals surface area contributed by atoms with E-state index in [-0.39, 0.29) is 29.6 Å². The molecule has 12 heteroatoms. The summed E-state index contributed by atoms with van der Waals surface area (Å²) in [5.74, 6) is 0.289. The summed E-state index contributed by atoms with van der Waals surface area (Å²) in [6.45, 7) is 9.48. The molecule has 1 unspecified atom stereocenters. The van der Waals surface area contributed by atoms with Crippen molar-refractivity contribution in [2.24, 2.45) is 0 Å². The summed E-state index contributed by atoms with van der Waals surface area (Å²) in [5.41, 5.74) is 6.77. The second-order valence-corrected chi connectivity index (χ2v) is 19.2. The predicted molar refractivity (Wildman–Crippen MR) is 215 cm³/mol. The largest absolute Gasteiger partial charge is 0.497 e. The zero-order valence-electron chi connectivity index (χ0n) is 32.8. The Kier molecular flexibility index (Phi) is 9.51. The SMILES string of the molecule is COc1ccc2c(c1)C=C(c1c(C(=O)N3[C@@H]4CC[C@H]3CC(C)(O)C4)cnn1C(C)C)Cn1c-2c(C2CCCCC2)c2ccc(C(=O)NS(=O)(=O)C(C)C)cc21. The molecule has 2 bridgehead atoms. The van der Waals surface area contributed by atoms with Crippen molar-refractivity contribution >= 4 is 44.4 Å². The van der Waals surface area contributed by atoms with Crippen molar-refractivity contribution in [3.8, 4) is 17.0 Å². The van der Waals surface area contributed by atoms with Crippen LogP contribution in [0.4, 0.5) is 0 Å². The third kappa shape index (κ3) is 6.58. The number of carbonyl (C=O) groups is 2. The van der Waals surface area contributed by atoms with E-state index in [0.29, 0.717) is 36.6 Å². The number of carbonyl (C=O) groups excluding carboxylic acids is 2. The Morgan fingerprint density at radius 3 is 2.33 bits per heavy atom. The molecule has 2 amide bonds. The number of nitrogens with one attached hydrogen (secondary N) is 1. The lowest BCUT2D eigenvalue weighted by Crippen LogP contribution is -2.52. The Hall–Kier alpha value is -4.42. The number of aromatic nitrogens is 3. The molecule has 3 atom stereocenters. The molecule has 2 aromatic carbocycles. The van der Waals surface area contributed by atoms with Crippen molar-refractivity contribution in [2.45, 2.75) is 134 Å². The molecule has 1 aliphatic carbocycles. The summed E-state index contributed by atoms with van der Waals surface area (Å²) in [4.78, 5) is 30.4. The highest BCUT2D eigenvalue weighted by Gasteiger charge is 2.48. The molecular formula is C43H53N5O6S. The summed E-state index contributed by atoms with van der Waals surface area (Å²) < 4.78 is 37.8. The minimum Gasteiger partial charge on any atom is -0.497 e. The summed E-state index contributed by atoms with van der Waals surface area (Å²) >= 11 is 0. The van der Waals surface area contributed by atoms with Crippen molar-refractivity contribution in [1.82, 2.24) is 24.0 Å². The number of methoxy groups -OCH3 is 1. The fourth-order valence-electron chi connectivity index (χ4n) is 9.79. The van der Waals surface area contributed by atoms with E-state index in [1.807, 2.05) is 40.8 Å². The van der Waals surface area contributed by atoms with Crippen LogP contribution in [0.3, 0.4) is 0 Å². The number of ether oxygens (including phenoxy) is 1. The lowest BCUT2D eigenvalue weighted by molar-refractivity contribution is -0.0300. The Morgan fingerprint density at radius 1 is 0.964 bits per heavy atom. The van der Waals surface area contributed by atoms with E-state index in [0.717, 1.165) is 77.5 Å². The van der Waals surface area contributed by atoms with E-state index >= 15 is 0 Å². The van der Waals surface area contributed by atoms with Gasteiger partial charge in [-0.2, -0.15) is 5.10 Å². The molecule has 0 spiro atoms. The summed E-state index contributed by atoms with van der Waals surface area (Å²) in [6.07, 6.45) is 12.3. The number of hydrogen-bond donors (Lipinski definition) is 2. The average Bonchev–Trinajstić information content (AvgIpc) is 3.78. The van der Waals surface area contributed by atoms with Gasteiger partial charge in [0.2, 0.25) is 10.0 Å². The number of sulfonamides is 1. The van der Waals surface area contributed by atoms with Crippen molar-refractivity contribution in [3.63, 3.8) is 0 Å². The van der Waals surface area contributed by atoms with Crippen LogP contribution in [0.15, 0.2) is 42.6 Å². The van der Waals surface area contributed by atoms with Crippen molar-refractivity contribution in [1.29, 1.82) is 0 Å². The van der Waals surface area contributed by atoms with Gasteiger partial charge in [-0.1, -0.05) is 25.3 Å². The van der Waals surface area contributed by atoms with Crippen molar-refractivity contribution < 1.29 is 27.9 Å². The Labute approximate surface area is 323 Å². The third-order valence-electron chi connectivity index (χ3n) is 12.4. The highest BCUT2D eigenvalue weighted by molar-refractivity contribution is 7.90. The minimum absolute atomic E-state index is 0.0354. The number of fused-ring (bicyclic) bond motifs is 7. The van der Waals surface area contributed by atoms with Crippen LogP contribution in [-0.4, -0.2) is 74.6 Å². The molecule has 4 aromatic rings. The molecular weight excluding hydrogens is 715 g/mol. The van der Waals surface area contributed by atoms with Crippen LogP contribution >= 0.6 is 0 Å². The molecule has 0 radical (unpaired) electrons. The van der Waals surface area contributed by atoms with Gasteiger partial charge in [0.25, 0.3) is 11.8 Å². The number of rotatable bonds is 8. The number of piperidine rings is 1. The Balaban J connectivity index is 1.34. The fraction of sp³-hybridized carbons (Fsp3) is 0.512. The van der Waals surface area contributed by atoms with Crippen LogP contribution in [-0.2, 0) is 16.6 Å². The van der Waals surface area contributed by atoms with Crippen LogP contribution in [0.5, 0.6) is 5.75 Å². The molecule has 8 rings (SSSR count). The van der Waals surface area contributed by atoms with E-state index in [1.165, 1.54) is 12.0 Å². The number of amides is 2. The molecule has 55 heavy (non-hydrogen) atoms. The molecule has 2 aromatic heterocycles. The molecule has 3 aliphatic heterocycles. The smallest absolute Gasteiger partial charge is 0.264 e. The van der Waals surface area contributed by atoms with Gasteiger partial charge in [-0.3, -0.25) is 14.3 Å². The van der Waals surface area contributed by atoms with Crippen LogP contribution < -0.4 is 9.46 Å². The van der Waals surface area contributed by atoms with Crippen molar-refractivity contribution in [3.05, 3.63) is 70.5 Å². The number of allylic oxidation sites excluding steroid dienone is 1. The summed E-state index contributed by atoms with van der Waals surface area (Å²) in [7, 11) is -2.19. The highest BCUT2D eigenvalue weighted by Crippen LogP contribution is 2.49. The first-order valence-electron chi connectivity index (χ1n) is 19.9. The topological polar surface area (TPSA) is 136 Å². The Morgan fingerprint density at radius 2 is 1.67 bits per heavy atom. The van der Waals surface area contributed by atoms with E-state index < -0.39 is 26.8 Å². The number of aliphatic hydroxyl groups is 1. The second kappa shape index (κ2) is 14.0. The zero-order chi connectivity index (χ0) is 39.0. The first kappa shape index (κ1) is 37.5. The standard InChI is InChI=1S/C43H53N5O6S/c1-25(2)48-39(36(23-44-48)42(50)47-31-13-14-32(47)22-43(5,51)21-31)30-18-29-19-33(54-6)15-17-34(29)40-38(27-10-8-7-9-11-27)35-16-12-28(20-37(35)46(40)24-30)41(49)45-55(52,53)26(3)4/h12,15-20,23,25-27,31-32,51H,7-11,13-14,21-22,24H2,1-6H3,(H,45,49)/t31-,32+,43?. The molecule has 4 aliphatic rings. The van der Waals surface area contributed by atoms with Gasteiger partial charge >= 0.3 is 0 Å². The van der Waals surface area contributed by atoms with E-state index in [9.17, 15) is 23.1 Å². The van der Waals surface area contributed by atoms with Gasteiger partial charge in [0.05, 0.1) is 47.7 Å². The van der Waals surface area contributed by atoms with Gasteiger partial charge in [0.1, 0.15) is 5.75 Å². The maximum Gasteiger partial charge on any atom is 0.264 e. The van der Waals surface area contributed by atoms with Crippen molar-refractivity contribution in [2.75, 3.05) is 7.11 Å². The normalized spacial score (nSPS) is 22.8. The average molecular weight is 768 g/mol. The van der Waals surface area contributed by atoms with Gasteiger partial charge in [-0.15, -0.1) is 0 Å². The lowest BCUT2D eigenvalue weighted by atomic mass is 9.81. The maximum atomic E-state index is 14.8. The van der Waals surface area contributed by atoms with Crippen LogP contribution in [0.1, 0.15) is 142 Å². The molecule has 2 saturated heterocycles. The highest BCUT2D eigenvalue weighted by atomic mass is 32.2. The van der Waals surface area contributed by atoms with E-state index in [4.69, 9.17) is 9.84 Å². The second-order valence-electron chi connectivity index (χ2n) is 17.0.